The van der Waals surface area contributed by atoms with Crippen LogP contribution in [0.25, 0.3) is 0 Å². The van der Waals surface area contributed by atoms with Gasteiger partial charge in [-0.25, -0.2) is 0 Å². The molecule has 0 aromatic carbocycles. The highest BCUT2D eigenvalue weighted by Crippen LogP contribution is 2.19. The fourth-order valence-corrected chi connectivity index (χ4v) is 3.00. The van der Waals surface area contributed by atoms with E-state index in [1.807, 2.05) is 12.1 Å². The lowest BCUT2D eigenvalue weighted by atomic mass is 9.96. The molecule has 0 bridgehead atoms. The molecule has 0 amide bonds. The first-order chi connectivity index (χ1) is 11.6. The lowest BCUT2D eigenvalue weighted by Crippen LogP contribution is -2.29. The molecular weight excluding hydrogens is 294 g/mol. The minimum absolute atomic E-state index is 0.266. The fraction of sp³-hybridized carbons (Fsp3) is 0.762. The predicted octanol–water partition coefficient (Wildman–Crippen LogP) is 5.60. The average molecular weight is 334 g/mol. The Morgan fingerprint density at radius 2 is 1.50 bits per heavy atom. The highest BCUT2D eigenvalue weighted by Gasteiger charge is 2.14. The first kappa shape index (κ1) is 22.6. The van der Waals surface area contributed by atoms with Gasteiger partial charge < -0.3 is 10.6 Å². The fourth-order valence-electron chi connectivity index (χ4n) is 3.00. The van der Waals surface area contributed by atoms with Crippen LogP contribution in [0.15, 0.2) is 24.0 Å². The van der Waals surface area contributed by atoms with Gasteiger partial charge in [-0.15, -0.1) is 0 Å². The smallest absolute Gasteiger partial charge is 0.117 e. The van der Waals surface area contributed by atoms with E-state index in [2.05, 4.69) is 38.8 Å². The van der Waals surface area contributed by atoms with Crippen molar-refractivity contribution in [3.05, 3.63) is 24.0 Å². The normalized spacial score (nSPS) is 14.5. The first-order valence-electron chi connectivity index (χ1n) is 9.89. The Hall–Kier alpha value is -1.43. The van der Waals surface area contributed by atoms with Gasteiger partial charge in [0.2, 0.25) is 0 Å². The first-order valence-corrected chi connectivity index (χ1v) is 9.89. The molecule has 0 saturated carbocycles. The number of nitrogens with zero attached hydrogens (tertiary/aromatic N) is 2. The van der Waals surface area contributed by atoms with Crippen LogP contribution in [-0.4, -0.2) is 18.0 Å². The molecular formula is C21H39N3. The minimum Gasteiger partial charge on any atom is -0.390 e. The van der Waals surface area contributed by atoms with Gasteiger partial charge in [-0.3, -0.25) is 0 Å². The van der Waals surface area contributed by atoms with Crippen LogP contribution in [0.1, 0.15) is 79.1 Å². The summed E-state index contributed by atoms with van der Waals surface area (Å²) in [6.07, 6.45) is 16.0. The van der Waals surface area contributed by atoms with Crippen molar-refractivity contribution in [3.8, 4) is 6.07 Å². The molecule has 138 valence electrons. The zero-order chi connectivity index (χ0) is 18.2. The van der Waals surface area contributed by atoms with Gasteiger partial charge in [-0.1, -0.05) is 66.2 Å². The van der Waals surface area contributed by atoms with E-state index < -0.39 is 0 Å². The van der Waals surface area contributed by atoms with Gasteiger partial charge >= 0.3 is 0 Å². The zero-order valence-corrected chi connectivity index (χ0v) is 16.4. The number of allylic oxidation sites excluding steroid dienone is 3. The van der Waals surface area contributed by atoms with E-state index in [0.717, 1.165) is 24.9 Å². The summed E-state index contributed by atoms with van der Waals surface area (Å²) in [4.78, 5) is 2.45. The second-order valence-corrected chi connectivity index (χ2v) is 6.86. The van der Waals surface area contributed by atoms with Crippen molar-refractivity contribution < 1.29 is 0 Å². The van der Waals surface area contributed by atoms with E-state index >= 15 is 0 Å². The molecule has 0 aliphatic heterocycles. The third-order valence-corrected chi connectivity index (χ3v) is 4.77. The van der Waals surface area contributed by atoms with Gasteiger partial charge in [-0.2, -0.15) is 5.26 Å². The van der Waals surface area contributed by atoms with Gasteiger partial charge in [0.1, 0.15) is 11.8 Å². The summed E-state index contributed by atoms with van der Waals surface area (Å²) in [7, 11) is 0. The van der Waals surface area contributed by atoms with Crippen molar-refractivity contribution >= 4 is 0 Å². The van der Waals surface area contributed by atoms with Gasteiger partial charge in [-0.05, 0) is 43.0 Å². The molecule has 2 atom stereocenters. The third kappa shape index (κ3) is 11.2. The van der Waals surface area contributed by atoms with Gasteiger partial charge in [0, 0.05) is 13.1 Å². The maximum atomic E-state index is 8.77. The minimum atomic E-state index is 0.266. The summed E-state index contributed by atoms with van der Waals surface area (Å²) in [6, 6.07) is 1.97. The Morgan fingerprint density at radius 3 is 1.88 bits per heavy atom. The Labute approximate surface area is 150 Å². The summed E-state index contributed by atoms with van der Waals surface area (Å²) < 4.78 is 0. The summed E-state index contributed by atoms with van der Waals surface area (Å²) in [5.74, 6) is 1.49. The predicted molar refractivity (Wildman–Crippen MR) is 105 cm³/mol. The molecule has 0 rings (SSSR count). The molecule has 2 N–H and O–H groups in total. The molecule has 0 fully saturated rings. The van der Waals surface area contributed by atoms with Gasteiger partial charge in [0.05, 0.1) is 0 Å². The van der Waals surface area contributed by atoms with Crippen molar-refractivity contribution in [3.63, 3.8) is 0 Å². The van der Waals surface area contributed by atoms with Crippen molar-refractivity contribution in [2.24, 2.45) is 17.6 Å². The highest BCUT2D eigenvalue weighted by molar-refractivity contribution is 5.21. The van der Waals surface area contributed by atoms with Gasteiger partial charge in [0.15, 0.2) is 0 Å². The molecule has 0 aromatic rings. The van der Waals surface area contributed by atoms with Crippen molar-refractivity contribution in [1.29, 1.82) is 5.26 Å². The molecule has 0 spiro atoms. The SMILES string of the molecule is CCCCC(CC)CN(/C=C/C=C(/N)C#N)CC(CC)CCCC. The van der Waals surface area contributed by atoms with Crippen LogP contribution in [0.2, 0.25) is 0 Å². The second kappa shape index (κ2) is 15.1. The summed E-state index contributed by atoms with van der Waals surface area (Å²) in [5, 5.41) is 8.77. The molecule has 0 aliphatic rings. The van der Waals surface area contributed by atoms with Crippen LogP contribution in [0, 0.1) is 23.2 Å². The molecule has 3 nitrogen and oxygen atoms in total. The van der Waals surface area contributed by atoms with E-state index in [1.165, 1.54) is 51.4 Å². The molecule has 0 aromatic heterocycles. The molecule has 0 saturated heterocycles. The average Bonchev–Trinajstić information content (AvgIpc) is 2.61. The standard InChI is InChI=1S/C21H39N3/c1-5-9-12-19(7-3)17-24(15-11-14-21(23)16-22)18-20(8-4)13-10-6-2/h11,14-15,19-20H,5-10,12-13,17-18,23H2,1-4H3/b15-11+,21-14+. The molecule has 0 aliphatic carbocycles. The maximum absolute atomic E-state index is 8.77. The quantitative estimate of drug-likeness (QED) is 0.332. The van der Waals surface area contributed by atoms with Crippen molar-refractivity contribution in [2.75, 3.05) is 13.1 Å². The molecule has 3 heteroatoms. The Balaban J connectivity index is 4.88. The van der Waals surface area contributed by atoms with Crippen LogP contribution >= 0.6 is 0 Å². The lowest BCUT2D eigenvalue weighted by molar-refractivity contribution is 0.239. The second-order valence-electron chi connectivity index (χ2n) is 6.86. The summed E-state index contributed by atoms with van der Waals surface area (Å²) in [5.41, 5.74) is 5.84. The number of rotatable bonds is 14. The van der Waals surface area contributed by atoms with E-state index in [4.69, 9.17) is 11.0 Å². The number of nitrogens with two attached hydrogens (primary N) is 1. The summed E-state index contributed by atoms with van der Waals surface area (Å²) in [6.45, 7) is 11.3. The molecule has 2 unspecified atom stereocenters. The van der Waals surface area contributed by atoms with Crippen LogP contribution < -0.4 is 5.73 Å². The van der Waals surface area contributed by atoms with Crippen LogP contribution in [0.4, 0.5) is 0 Å². The van der Waals surface area contributed by atoms with Crippen LogP contribution in [0.5, 0.6) is 0 Å². The van der Waals surface area contributed by atoms with E-state index in [1.54, 1.807) is 6.08 Å². The monoisotopic (exact) mass is 333 g/mol. The highest BCUT2D eigenvalue weighted by atomic mass is 15.1. The van der Waals surface area contributed by atoms with E-state index in [0.29, 0.717) is 0 Å². The number of hydrogen-bond donors (Lipinski definition) is 1. The molecule has 0 heterocycles. The lowest BCUT2D eigenvalue weighted by Gasteiger charge is -2.29. The Kier molecular flexibility index (Phi) is 14.2. The number of nitriles is 1. The largest absolute Gasteiger partial charge is 0.390 e. The van der Waals surface area contributed by atoms with Crippen molar-refractivity contribution in [2.45, 2.75) is 79.1 Å². The van der Waals surface area contributed by atoms with Gasteiger partial charge in [0.25, 0.3) is 0 Å². The third-order valence-electron chi connectivity index (χ3n) is 4.77. The van der Waals surface area contributed by atoms with E-state index in [-0.39, 0.29) is 5.70 Å². The zero-order valence-electron chi connectivity index (χ0n) is 16.4. The molecule has 24 heavy (non-hydrogen) atoms. The van der Waals surface area contributed by atoms with Crippen molar-refractivity contribution in [1.82, 2.24) is 4.90 Å². The Bertz CT molecular complexity index is 374. The maximum Gasteiger partial charge on any atom is 0.117 e. The topological polar surface area (TPSA) is 53.0 Å². The van der Waals surface area contributed by atoms with Crippen LogP contribution in [0.3, 0.4) is 0 Å². The number of unbranched alkanes of at least 4 members (excludes halogenated alkanes) is 2. The number of hydrogen-bond acceptors (Lipinski definition) is 3. The Morgan fingerprint density at radius 1 is 1.00 bits per heavy atom. The summed E-state index contributed by atoms with van der Waals surface area (Å²) >= 11 is 0. The van der Waals surface area contributed by atoms with Crippen LogP contribution in [-0.2, 0) is 0 Å². The molecule has 0 radical (unpaired) electrons. The van der Waals surface area contributed by atoms with E-state index in [9.17, 15) is 0 Å².